The van der Waals surface area contributed by atoms with Crippen molar-refractivity contribution in [2.24, 2.45) is 0 Å². The number of nitrogens with zero attached hydrogens (tertiary/aromatic N) is 4. The number of hydrogen-bond donors (Lipinski definition) is 1. The lowest BCUT2D eigenvalue weighted by Crippen LogP contribution is -2.44. The largest absolute Gasteiger partial charge is 0.273 e. The molecule has 7 heteroatoms. The molecule has 0 atom stereocenters. The summed E-state index contributed by atoms with van der Waals surface area (Å²) < 4.78 is 1.39. The molecule has 0 aliphatic heterocycles. The van der Waals surface area contributed by atoms with Gasteiger partial charge in [0.05, 0.1) is 0 Å². The van der Waals surface area contributed by atoms with Gasteiger partial charge in [0, 0.05) is 13.5 Å². The van der Waals surface area contributed by atoms with Gasteiger partial charge in [0.15, 0.2) is 0 Å². The second-order valence-corrected chi connectivity index (χ2v) is 3.68. The van der Waals surface area contributed by atoms with Crippen molar-refractivity contribution < 1.29 is 9.59 Å². The lowest BCUT2D eigenvalue weighted by molar-refractivity contribution is -0.140. The quantitative estimate of drug-likeness (QED) is 0.731. The van der Waals surface area contributed by atoms with Crippen LogP contribution in [0.2, 0.25) is 0 Å². The first-order chi connectivity index (χ1) is 8.13. The fourth-order valence-corrected chi connectivity index (χ4v) is 1.24. The van der Waals surface area contributed by atoms with Gasteiger partial charge in [0.1, 0.15) is 19.2 Å². The molecule has 0 saturated carbocycles. The molecule has 2 amide bonds. The Morgan fingerprint density at radius 1 is 1.47 bits per heavy atom. The topological polar surface area (TPSA) is 80.1 Å². The van der Waals surface area contributed by atoms with Crippen molar-refractivity contribution in [1.29, 1.82) is 0 Å². The van der Waals surface area contributed by atoms with Crippen LogP contribution >= 0.6 is 0 Å². The van der Waals surface area contributed by atoms with Crippen LogP contribution in [0.1, 0.15) is 26.2 Å². The molecule has 0 spiro atoms. The average molecular weight is 239 g/mol. The third-order valence-electron chi connectivity index (χ3n) is 2.18. The summed E-state index contributed by atoms with van der Waals surface area (Å²) in [6, 6.07) is 0. The summed E-state index contributed by atoms with van der Waals surface area (Å²) in [5, 5.41) is 5.02. The minimum Gasteiger partial charge on any atom is -0.273 e. The third kappa shape index (κ3) is 4.62. The van der Waals surface area contributed by atoms with Gasteiger partial charge in [-0.1, -0.05) is 13.3 Å². The Morgan fingerprint density at radius 2 is 2.24 bits per heavy atom. The van der Waals surface area contributed by atoms with Crippen LogP contribution in [-0.2, 0) is 16.1 Å². The Kier molecular flexibility index (Phi) is 5.12. The summed E-state index contributed by atoms with van der Waals surface area (Å²) in [4.78, 5) is 26.7. The number of hydrogen-bond acceptors (Lipinski definition) is 4. The van der Waals surface area contributed by atoms with Crippen LogP contribution in [-0.4, -0.2) is 38.6 Å². The van der Waals surface area contributed by atoms with Crippen molar-refractivity contribution in [3.05, 3.63) is 12.7 Å². The molecule has 0 bridgehead atoms. The normalized spacial score (nSPS) is 10.0. The molecule has 1 N–H and O–H groups in total. The van der Waals surface area contributed by atoms with Gasteiger partial charge in [-0.15, -0.1) is 0 Å². The van der Waals surface area contributed by atoms with E-state index in [1.54, 1.807) is 0 Å². The molecule has 0 fully saturated rings. The van der Waals surface area contributed by atoms with Crippen molar-refractivity contribution in [2.45, 2.75) is 32.7 Å². The molecule has 94 valence electrons. The summed E-state index contributed by atoms with van der Waals surface area (Å²) in [5.41, 5.74) is 2.48. The van der Waals surface area contributed by atoms with E-state index < -0.39 is 0 Å². The van der Waals surface area contributed by atoms with Gasteiger partial charge in [-0.25, -0.2) is 9.67 Å². The first kappa shape index (κ1) is 13.1. The lowest BCUT2D eigenvalue weighted by Gasteiger charge is -2.17. The van der Waals surface area contributed by atoms with Crippen molar-refractivity contribution in [2.75, 3.05) is 7.05 Å². The maximum absolute atomic E-state index is 11.5. The molecule has 0 aromatic carbocycles. The Hall–Kier alpha value is -1.92. The molecule has 1 rings (SSSR count). The van der Waals surface area contributed by atoms with Crippen LogP contribution in [0.25, 0.3) is 0 Å². The van der Waals surface area contributed by atoms with Gasteiger partial charge in [-0.05, 0) is 6.42 Å². The zero-order chi connectivity index (χ0) is 12.7. The van der Waals surface area contributed by atoms with E-state index in [9.17, 15) is 9.59 Å². The zero-order valence-electron chi connectivity index (χ0n) is 10.1. The maximum atomic E-state index is 11.5. The Morgan fingerprint density at radius 3 is 2.82 bits per heavy atom. The number of rotatable bonds is 5. The number of amides is 2. The number of carbonyl (C=O) groups is 2. The molecule has 0 saturated heterocycles. The zero-order valence-corrected chi connectivity index (χ0v) is 10.1. The number of aromatic nitrogens is 3. The summed E-state index contributed by atoms with van der Waals surface area (Å²) in [6.07, 6.45) is 5.01. The molecule has 0 aliphatic rings. The van der Waals surface area contributed by atoms with Crippen LogP contribution in [0, 0.1) is 0 Å². The highest BCUT2D eigenvalue weighted by Gasteiger charge is 2.11. The van der Waals surface area contributed by atoms with Crippen LogP contribution < -0.4 is 5.43 Å². The minimum absolute atomic E-state index is 0.0470. The molecule has 1 aromatic heterocycles. The molecule has 0 unspecified atom stereocenters. The molecule has 17 heavy (non-hydrogen) atoms. The van der Waals surface area contributed by atoms with E-state index in [-0.39, 0.29) is 18.4 Å². The minimum atomic E-state index is -0.303. The number of nitrogens with one attached hydrogen (secondary N) is 1. The van der Waals surface area contributed by atoms with Gasteiger partial charge in [-0.3, -0.25) is 20.0 Å². The number of unbranched alkanes of at least 4 members (excludes halogenated alkanes) is 1. The standard InChI is InChI=1S/C10H17N5O2/c1-3-4-5-10(17)14(2)13-9(16)6-15-8-11-7-12-15/h7-8H,3-6H2,1-2H3,(H,13,16). The van der Waals surface area contributed by atoms with E-state index in [1.165, 1.54) is 29.4 Å². The number of hydrazine groups is 1. The van der Waals surface area contributed by atoms with E-state index in [0.29, 0.717) is 6.42 Å². The van der Waals surface area contributed by atoms with Crippen LogP contribution in [0.3, 0.4) is 0 Å². The van der Waals surface area contributed by atoms with Gasteiger partial charge < -0.3 is 0 Å². The first-order valence-corrected chi connectivity index (χ1v) is 5.52. The molecule has 1 aromatic rings. The van der Waals surface area contributed by atoms with Crippen LogP contribution in [0.4, 0.5) is 0 Å². The maximum Gasteiger partial charge on any atom is 0.260 e. The average Bonchev–Trinajstić information content (AvgIpc) is 2.78. The van der Waals surface area contributed by atoms with Crippen molar-refractivity contribution in [3.8, 4) is 0 Å². The SMILES string of the molecule is CCCCC(=O)N(C)NC(=O)Cn1cncn1. The van der Waals surface area contributed by atoms with E-state index in [2.05, 4.69) is 15.5 Å². The van der Waals surface area contributed by atoms with E-state index in [0.717, 1.165) is 12.8 Å². The summed E-state index contributed by atoms with van der Waals surface area (Å²) in [7, 11) is 1.54. The number of carbonyl (C=O) groups excluding carboxylic acids is 2. The van der Waals surface area contributed by atoms with Gasteiger partial charge in [0.25, 0.3) is 5.91 Å². The van der Waals surface area contributed by atoms with Crippen molar-refractivity contribution in [1.82, 2.24) is 25.2 Å². The van der Waals surface area contributed by atoms with Crippen LogP contribution in [0.5, 0.6) is 0 Å². The van der Waals surface area contributed by atoms with Gasteiger partial charge in [-0.2, -0.15) is 5.10 Å². The molecule has 1 heterocycles. The predicted octanol–water partition coefficient (Wildman–Crippen LogP) is -0.0421. The van der Waals surface area contributed by atoms with Crippen LogP contribution in [0.15, 0.2) is 12.7 Å². The highest BCUT2D eigenvalue weighted by molar-refractivity contribution is 5.81. The van der Waals surface area contributed by atoms with E-state index in [4.69, 9.17) is 0 Å². The molecule has 0 radical (unpaired) electrons. The van der Waals surface area contributed by atoms with Gasteiger partial charge >= 0.3 is 0 Å². The second-order valence-electron chi connectivity index (χ2n) is 3.68. The molecular formula is C10H17N5O2. The fourth-order valence-electron chi connectivity index (χ4n) is 1.24. The second kappa shape index (κ2) is 6.62. The highest BCUT2D eigenvalue weighted by Crippen LogP contribution is 1.96. The highest BCUT2D eigenvalue weighted by atomic mass is 16.2. The van der Waals surface area contributed by atoms with Crippen molar-refractivity contribution in [3.63, 3.8) is 0 Å². The fraction of sp³-hybridized carbons (Fsp3) is 0.600. The smallest absolute Gasteiger partial charge is 0.260 e. The molecule has 7 nitrogen and oxygen atoms in total. The summed E-state index contributed by atoms with van der Waals surface area (Å²) in [5.74, 6) is -0.401. The molecular weight excluding hydrogens is 222 g/mol. The Labute approximate surface area is 99.8 Å². The van der Waals surface area contributed by atoms with Crippen molar-refractivity contribution >= 4 is 11.8 Å². The Bertz CT molecular complexity index is 363. The monoisotopic (exact) mass is 239 g/mol. The first-order valence-electron chi connectivity index (χ1n) is 5.52. The van der Waals surface area contributed by atoms with E-state index >= 15 is 0 Å². The molecule has 0 aliphatic carbocycles. The summed E-state index contributed by atoms with van der Waals surface area (Å²) >= 11 is 0. The Balaban J connectivity index is 2.32. The lowest BCUT2D eigenvalue weighted by atomic mass is 10.2. The predicted molar refractivity (Wildman–Crippen MR) is 60.5 cm³/mol. The van der Waals surface area contributed by atoms with Gasteiger partial charge in [0.2, 0.25) is 5.91 Å². The van der Waals surface area contributed by atoms with E-state index in [1.807, 2.05) is 6.92 Å². The summed E-state index contributed by atoms with van der Waals surface area (Å²) in [6.45, 7) is 2.06. The third-order valence-corrected chi connectivity index (χ3v) is 2.18.